The summed E-state index contributed by atoms with van der Waals surface area (Å²) in [5, 5.41) is 5.63. The molecule has 1 saturated carbocycles. The Morgan fingerprint density at radius 1 is 1.28 bits per heavy atom. The monoisotopic (exact) mass is 421 g/mol. The molecule has 0 unspecified atom stereocenters. The minimum Gasteiger partial charge on any atom is -0.368 e. The highest BCUT2D eigenvalue weighted by Crippen LogP contribution is 2.29. The molecule has 1 aromatic heterocycles. The summed E-state index contributed by atoms with van der Waals surface area (Å²) < 4.78 is 0.986. The van der Waals surface area contributed by atoms with Crippen LogP contribution in [0.1, 0.15) is 37.8 Å². The molecular formula is C18H20BrN3O2S. The molecule has 0 aliphatic heterocycles. The zero-order valence-electron chi connectivity index (χ0n) is 13.8. The van der Waals surface area contributed by atoms with Crippen LogP contribution in [0, 0.1) is 0 Å². The fourth-order valence-electron chi connectivity index (χ4n) is 3.21. The number of carbonyl (C=O) groups excluding carboxylic acids is 2. The number of thiazole rings is 1. The smallest absolute Gasteiger partial charge is 0.243 e. The van der Waals surface area contributed by atoms with Gasteiger partial charge in [-0.05, 0) is 25.0 Å². The summed E-state index contributed by atoms with van der Waals surface area (Å²) in [5.41, 5.74) is 6.38. The summed E-state index contributed by atoms with van der Waals surface area (Å²) in [6.07, 6.45) is 4.29. The molecule has 2 amide bonds. The average Bonchev–Trinajstić information content (AvgIpc) is 3.04. The predicted molar refractivity (Wildman–Crippen MR) is 102 cm³/mol. The van der Waals surface area contributed by atoms with Crippen molar-refractivity contribution in [2.45, 2.75) is 44.1 Å². The third-order valence-corrected chi connectivity index (χ3v) is 5.96. The lowest BCUT2D eigenvalue weighted by atomic mass is 9.81. The number of halogens is 1. The van der Waals surface area contributed by atoms with Crippen LogP contribution in [0.15, 0.2) is 34.1 Å². The molecule has 1 fully saturated rings. The molecule has 3 rings (SSSR count). The molecule has 132 valence electrons. The highest BCUT2D eigenvalue weighted by atomic mass is 79.9. The summed E-state index contributed by atoms with van der Waals surface area (Å²) in [6.45, 7) is 0. The highest BCUT2D eigenvalue weighted by Gasteiger charge is 2.39. The Bertz CT molecular complexity index is 784. The van der Waals surface area contributed by atoms with Crippen molar-refractivity contribution in [3.8, 4) is 10.6 Å². The standard InChI is InChI=1S/C18H20BrN3O2S/c19-13-6-4-5-12(9-13)16-21-14(11-25-16)10-15(23)22-18(17(20)24)7-2-1-3-8-18/h4-6,9,11H,1-3,7-8,10H2,(H2,20,24)(H,22,23). The van der Waals surface area contributed by atoms with E-state index in [0.29, 0.717) is 18.5 Å². The zero-order chi connectivity index (χ0) is 17.9. The lowest BCUT2D eigenvalue weighted by Crippen LogP contribution is -2.58. The van der Waals surface area contributed by atoms with Crippen LogP contribution >= 0.6 is 27.3 Å². The topological polar surface area (TPSA) is 85.1 Å². The van der Waals surface area contributed by atoms with Gasteiger partial charge in [0, 0.05) is 15.4 Å². The van der Waals surface area contributed by atoms with Crippen molar-refractivity contribution >= 4 is 39.1 Å². The first-order chi connectivity index (χ1) is 12.0. The van der Waals surface area contributed by atoms with Gasteiger partial charge in [0.05, 0.1) is 12.1 Å². The van der Waals surface area contributed by atoms with Gasteiger partial charge in [-0.25, -0.2) is 4.98 Å². The van der Waals surface area contributed by atoms with Crippen molar-refractivity contribution < 1.29 is 9.59 Å². The maximum atomic E-state index is 12.4. The third kappa shape index (κ3) is 4.27. The number of primary amides is 1. The summed E-state index contributed by atoms with van der Waals surface area (Å²) in [4.78, 5) is 28.8. The summed E-state index contributed by atoms with van der Waals surface area (Å²) >= 11 is 4.95. The summed E-state index contributed by atoms with van der Waals surface area (Å²) in [6, 6.07) is 7.89. The van der Waals surface area contributed by atoms with E-state index in [4.69, 9.17) is 5.73 Å². The molecule has 0 spiro atoms. The van der Waals surface area contributed by atoms with Gasteiger partial charge < -0.3 is 11.1 Å². The maximum absolute atomic E-state index is 12.4. The SMILES string of the molecule is NC(=O)C1(NC(=O)Cc2csc(-c3cccc(Br)c3)n2)CCCCC1. The molecular weight excluding hydrogens is 402 g/mol. The van der Waals surface area contributed by atoms with Gasteiger partial charge in [-0.3, -0.25) is 9.59 Å². The van der Waals surface area contributed by atoms with Gasteiger partial charge in [-0.15, -0.1) is 11.3 Å². The molecule has 0 bridgehead atoms. The average molecular weight is 422 g/mol. The Morgan fingerprint density at radius 2 is 2.04 bits per heavy atom. The second kappa shape index (κ2) is 7.66. The predicted octanol–water partition coefficient (Wildman–Crippen LogP) is 3.42. The van der Waals surface area contributed by atoms with Crippen LogP contribution in [-0.2, 0) is 16.0 Å². The van der Waals surface area contributed by atoms with E-state index in [0.717, 1.165) is 34.3 Å². The van der Waals surface area contributed by atoms with Gasteiger partial charge in [0.25, 0.3) is 0 Å². The number of hydrogen-bond acceptors (Lipinski definition) is 4. The van der Waals surface area contributed by atoms with Crippen LogP contribution in [0.4, 0.5) is 0 Å². The number of amides is 2. The lowest BCUT2D eigenvalue weighted by molar-refractivity contribution is -0.132. The number of nitrogens with zero attached hydrogens (tertiary/aromatic N) is 1. The molecule has 7 heteroatoms. The molecule has 3 N–H and O–H groups in total. The molecule has 5 nitrogen and oxygen atoms in total. The maximum Gasteiger partial charge on any atom is 0.243 e. The number of aromatic nitrogens is 1. The number of nitrogens with two attached hydrogens (primary N) is 1. The first kappa shape index (κ1) is 18.1. The minimum atomic E-state index is -0.890. The Balaban J connectivity index is 1.68. The van der Waals surface area contributed by atoms with Gasteiger partial charge in [-0.1, -0.05) is 47.3 Å². The molecule has 1 aliphatic rings. The van der Waals surface area contributed by atoms with Gasteiger partial charge in [0.15, 0.2) is 0 Å². The first-order valence-corrected chi connectivity index (χ1v) is 9.97. The summed E-state index contributed by atoms with van der Waals surface area (Å²) in [5.74, 6) is -0.638. The highest BCUT2D eigenvalue weighted by molar-refractivity contribution is 9.10. The number of hydrogen-bond donors (Lipinski definition) is 2. The van der Waals surface area contributed by atoms with E-state index in [1.165, 1.54) is 11.3 Å². The normalized spacial score (nSPS) is 16.4. The Labute approximate surface area is 159 Å². The number of rotatable bonds is 5. The summed E-state index contributed by atoms with van der Waals surface area (Å²) in [7, 11) is 0. The number of nitrogens with one attached hydrogen (secondary N) is 1. The van der Waals surface area contributed by atoms with Gasteiger partial charge in [-0.2, -0.15) is 0 Å². The van der Waals surface area contributed by atoms with Crippen LogP contribution in [0.3, 0.4) is 0 Å². The molecule has 0 saturated heterocycles. The third-order valence-electron chi connectivity index (χ3n) is 4.52. The molecule has 0 atom stereocenters. The molecule has 1 heterocycles. The lowest BCUT2D eigenvalue weighted by Gasteiger charge is -2.35. The number of carbonyl (C=O) groups is 2. The van der Waals surface area contributed by atoms with Crippen molar-refractivity contribution in [1.29, 1.82) is 0 Å². The van der Waals surface area contributed by atoms with E-state index >= 15 is 0 Å². The van der Waals surface area contributed by atoms with E-state index in [-0.39, 0.29) is 12.3 Å². The van der Waals surface area contributed by atoms with E-state index < -0.39 is 11.4 Å². The van der Waals surface area contributed by atoms with Crippen LogP contribution in [0.2, 0.25) is 0 Å². The Morgan fingerprint density at radius 3 is 2.72 bits per heavy atom. The molecule has 2 aromatic rings. The fourth-order valence-corrected chi connectivity index (χ4v) is 4.42. The van der Waals surface area contributed by atoms with E-state index in [9.17, 15) is 9.59 Å². The van der Waals surface area contributed by atoms with Crippen molar-refractivity contribution in [3.05, 3.63) is 39.8 Å². The van der Waals surface area contributed by atoms with Crippen LogP contribution < -0.4 is 11.1 Å². The number of benzene rings is 1. The van der Waals surface area contributed by atoms with Gasteiger partial charge >= 0.3 is 0 Å². The fraction of sp³-hybridized carbons (Fsp3) is 0.389. The second-order valence-electron chi connectivity index (χ2n) is 6.39. The molecule has 1 aliphatic carbocycles. The van der Waals surface area contributed by atoms with E-state index in [1.54, 1.807) is 0 Å². The largest absolute Gasteiger partial charge is 0.368 e. The zero-order valence-corrected chi connectivity index (χ0v) is 16.2. The van der Waals surface area contributed by atoms with Crippen LogP contribution in [0.25, 0.3) is 10.6 Å². The van der Waals surface area contributed by atoms with Crippen LogP contribution in [0.5, 0.6) is 0 Å². The van der Waals surface area contributed by atoms with Crippen LogP contribution in [-0.4, -0.2) is 22.3 Å². The van der Waals surface area contributed by atoms with E-state index in [1.807, 2.05) is 29.6 Å². The van der Waals surface area contributed by atoms with Crippen molar-refractivity contribution in [3.63, 3.8) is 0 Å². The van der Waals surface area contributed by atoms with E-state index in [2.05, 4.69) is 26.2 Å². The quantitative estimate of drug-likeness (QED) is 0.775. The van der Waals surface area contributed by atoms with Crippen molar-refractivity contribution in [2.75, 3.05) is 0 Å². The van der Waals surface area contributed by atoms with Crippen molar-refractivity contribution in [2.24, 2.45) is 5.73 Å². The Kier molecular flexibility index (Phi) is 5.54. The van der Waals surface area contributed by atoms with Crippen molar-refractivity contribution in [1.82, 2.24) is 10.3 Å². The first-order valence-electron chi connectivity index (χ1n) is 8.30. The minimum absolute atomic E-state index is 0.152. The molecule has 25 heavy (non-hydrogen) atoms. The Hall–Kier alpha value is -1.73. The molecule has 0 radical (unpaired) electrons. The van der Waals surface area contributed by atoms with Gasteiger partial charge in [0.1, 0.15) is 10.5 Å². The second-order valence-corrected chi connectivity index (χ2v) is 8.16. The molecule has 1 aromatic carbocycles. The van der Waals surface area contributed by atoms with Gasteiger partial charge in [0.2, 0.25) is 11.8 Å².